The summed E-state index contributed by atoms with van der Waals surface area (Å²) < 4.78 is 22.1. The van der Waals surface area contributed by atoms with E-state index in [2.05, 4.69) is 0 Å². The van der Waals surface area contributed by atoms with Gasteiger partial charge in [-0.05, 0) is 18.4 Å². The number of carbonyl (C=O) groups is 1. The summed E-state index contributed by atoms with van der Waals surface area (Å²) in [7, 11) is 0. The van der Waals surface area contributed by atoms with Gasteiger partial charge >= 0.3 is 0 Å². The molecule has 3 rings (SSSR count). The highest BCUT2D eigenvalue weighted by Crippen LogP contribution is 2.40. The van der Waals surface area contributed by atoms with Crippen molar-refractivity contribution in [2.45, 2.75) is 88.6 Å². The van der Waals surface area contributed by atoms with Gasteiger partial charge in [0, 0.05) is 12.3 Å². The van der Waals surface area contributed by atoms with E-state index < -0.39 is 74.6 Å². The molecule has 0 saturated carbocycles. The quantitative estimate of drug-likeness (QED) is 0.193. The van der Waals surface area contributed by atoms with E-state index in [4.69, 9.17) is 18.9 Å². The minimum absolute atomic E-state index is 0.0247. The normalized spacial score (nSPS) is 45.2. The molecule has 0 spiro atoms. The summed E-state index contributed by atoms with van der Waals surface area (Å²) in [5.41, 5.74) is 0.439. The molecule has 0 amide bonds. The maximum atomic E-state index is 11.9. The van der Waals surface area contributed by atoms with Gasteiger partial charge in [0.2, 0.25) is 0 Å². The fourth-order valence-corrected chi connectivity index (χ4v) is 4.73. The molecule has 2 saturated heterocycles. The van der Waals surface area contributed by atoms with Crippen molar-refractivity contribution >= 4 is 5.78 Å². The Morgan fingerprint density at radius 1 is 0.853 bits per heavy atom. The summed E-state index contributed by atoms with van der Waals surface area (Å²) in [4.78, 5) is 11.9. The van der Waals surface area contributed by atoms with Gasteiger partial charge in [-0.2, -0.15) is 0 Å². The van der Waals surface area contributed by atoms with Crippen LogP contribution in [0.2, 0.25) is 0 Å². The third-order valence-electron chi connectivity index (χ3n) is 6.88. The van der Waals surface area contributed by atoms with Crippen LogP contribution >= 0.6 is 0 Å². The lowest BCUT2D eigenvalue weighted by atomic mass is 9.68. The molecule has 34 heavy (non-hydrogen) atoms. The highest BCUT2D eigenvalue weighted by atomic mass is 16.7. The Labute approximate surface area is 197 Å². The molecular formula is C22H36O12. The molecule has 11 atom stereocenters. The predicted octanol–water partition coefficient (Wildman–Crippen LogP) is -2.81. The first kappa shape index (κ1) is 27.6. The molecule has 1 aliphatic carbocycles. The van der Waals surface area contributed by atoms with Gasteiger partial charge in [0.15, 0.2) is 18.4 Å². The molecule has 3 aliphatic rings. The minimum atomic E-state index is -1.65. The number of ether oxygens (including phenoxy) is 4. The van der Waals surface area contributed by atoms with Crippen molar-refractivity contribution in [1.82, 2.24) is 0 Å². The maximum absolute atomic E-state index is 11.9. The number of aliphatic hydroxyl groups excluding tert-OH is 7. The Bertz CT molecular complexity index is 739. The highest BCUT2D eigenvalue weighted by Gasteiger charge is 2.48. The van der Waals surface area contributed by atoms with Gasteiger partial charge in [-0.25, -0.2) is 0 Å². The lowest BCUT2D eigenvalue weighted by Gasteiger charge is -2.43. The second-order valence-corrected chi connectivity index (χ2v) is 9.95. The number of ketones is 1. The second-order valence-electron chi connectivity index (χ2n) is 9.95. The molecule has 2 fully saturated rings. The molecule has 0 aromatic carbocycles. The third kappa shape index (κ3) is 5.68. The Morgan fingerprint density at radius 3 is 1.88 bits per heavy atom. The zero-order chi connectivity index (χ0) is 25.4. The zero-order valence-electron chi connectivity index (χ0n) is 19.4. The monoisotopic (exact) mass is 492 g/mol. The van der Waals surface area contributed by atoms with Gasteiger partial charge in [-0.15, -0.1) is 0 Å². The first-order valence-corrected chi connectivity index (χ1v) is 11.3. The van der Waals surface area contributed by atoms with Crippen LogP contribution in [0.25, 0.3) is 0 Å². The largest absolute Gasteiger partial charge is 0.394 e. The Balaban J connectivity index is 1.62. The highest BCUT2D eigenvalue weighted by molar-refractivity contribution is 5.91. The summed E-state index contributed by atoms with van der Waals surface area (Å²) in [5, 5.41) is 70.1. The van der Waals surface area contributed by atoms with Gasteiger partial charge in [0.05, 0.1) is 19.8 Å². The summed E-state index contributed by atoms with van der Waals surface area (Å²) in [5.74, 6) is -0.120. The Hall–Kier alpha value is -1.03. The predicted molar refractivity (Wildman–Crippen MR) is 113 cm³/mol. The number of aliphatic hydroxyl groups is 7. The summed E-state index contributed by atoms with van der Waals surface area (Å²) in [6.07, 6.45) is -12.8. The van der Waals surface area contributed by atoms with Crippen LogP contribution < -0.4 is 0 Å². The lowest BCUT2D eigenvalue weighted by Crippen LogP contribution is -2.61. The second kappa shape index (κ2) is 10.9. The molecule has 0 aromatic rings. The van der Waals surface area contributed by atoms with Crippen LogP contribution in [-0.2, 0) is 23.7 Å². The number of carbonyl (C=O) groups excluding carboxylic acids is 1. The van der Waals surface area contributed by atoms with E-state index in [1.807, 2.05) is 20.8 Å². The zero-order valence-corrected chi connectivity index (χ0v) is 19.4. The Kier molecular flexibility index (Phi) is 8.86. The molecule has 12 nitrogen and oxygen atoms in total. The first-order valence-electron chi connectivity index (χ1n) is 11.3. The molecule has 196 valence electrons. The van der Waals surface area contributed by atoms with Gasteiger partial charge in [-0.1, -0.05) is 19.4 Å². The van der Waals surface area contributed by atoms with Crippen LogP contribution in [0.5, 0.6) is 0 Å². The number of rotatable bonds is 7. The van der Waals surface area contributed by atoms with E-state index in [1.54, 1.807) is 6.08 Å². The van der Waals surface area contributed by atoms with Crippen LogP contribution in [0.3, 0.4) is 0 Å². The topological polar surface area (TPSA) is 196 Å². The van der Waals surface area contributed by atoms with Crippen LogP contribution in [0.15, 0.2) is 11.6 Å². The number of hydrogen-bond donors (Lipinski definition) is 7. The van der Waals surface area contributed by atoms with Crippen LogP contribution in [0.4, 0.5) is 0 Å². The number of allylic oxidation sites excluding steroid dienone is 1. The summed E-state index contributed by atoms with van der Waals surface area (Å²) in [6.45, 7) is 4.71. The molecule has 0 aromatic heterocycles. The third-order valence-corrected chi connectivity index (χ3v) is 6.88. The van der Waals surface area contributed by atoms with E-state index in [0.29, 0.717) is 6.42 Å². The van der Waals surface area contributed by atoms with Gasteiger partial charge in [0.1, 0.15) is 48.8 Å². The average molecular weight is 493 g/mol. The average Bonchev–Trinajstić information content (AvgIpc) is 2.76. The van der Waals surface area contributed by atoms with E-state index in [0.717, 1.165) is 5.57 Å². The Morgan fingerprint density at radius 2 is 1.35 bits per heavy atom. The maximum Gasteiger partial charge on any atom is 0.186 e. The fourth-order valence-electron chi connectivity index (χ4n) is 4.73. The SMILES string of the molecule is CC1=CC(=O)CC(C)(C)[C@@H]1CO[C@@H]1O[C@H](CO[C@@H]2O[C@H](CO)[C@@H](O)[C@H](O)[C@H]2O)[C@@H](O)[C@H](O)[C@H]1O. The van der Waals surface area contributed by atoms with Crippen LogP contribution in [-0.4, -0.2) is 123 Å². The van der Waals surface area contributed by atoms with E-state index in [1.165, 1.54) is 0 Å². The van der Waals surface area contributed by atoms with Crippen molar-refractivity contribution in [2.75, 3.05) is 19.8 Å². The van der Waals surface area contributed by atoms with Crippen molar-refractivity contribution in [2.24, 2.45) is 11.3 Å². The summed E-state index contributed by atoms with van der Waals surface area (Å²) >= 11 is 0. The van der Waals surface area contributed by atoms with E-state index in [9.17, 15) is 40.5 Å². The van der Waals surface area contributed by atoms with Crippen molar-refractivity contribution in [1.29, 1.82) is 0 Å². The summed E-state index contributed by atoms with van der Waals surface area (Å²) in [6, 6.07) is 0. The molecule has 7 N–H and O–H groups in total. The van der Waals surface area contributed by atoms with Gasteiger partial charge in [0.25, 0.3) is 0 Å². The van der Waals surface area contributed by atoms with Crippen molar-refractivity contribution in [3.05, 3.63) is 11.6 Å². The molecule has 2 aliphatic heterocycles. The van der Waals surface area contributed by atoms with Gasteiger partial charge in [-0.3, -0.25) is 4.79 Å². The van der Waals surface area contributed by atoms with Crippen LogP contribution in [0.1, 0.15) is 27.2 Å². The molecule has 12 heteroatoms. The van der Waals surface area contributed by atoms with Crippen molar-refractivity contribution in [3.8, 4) is 0 Å². The molecule has 0 unspecified atom stereocenters. The fraction of sp³-hybridized carbons (Fsp3) is 0.864. The molecule has 2 heterocycles. The molecule has 0 bridgehead atoms. The van der Waals surface area contributed by atoms with E-state index in [-0.39, 0.29) is 23.7 Å². The number of hydrogen-bond acceptors (Lipinski definition) is 12. The van der Waals surface area contributed by atoms with Gasteiger partial charge < -0.3 is 54.7 Å². The molecular weight excluding hydrogens is 456 g/mol. The first-order chi connectivity index (χ1) is 15.9. The minimum Gasteiger partial charge on any atom is -0.394 e. The van der Waals surface area contributed by atoms with Crippen LogP contribution in [0, 0.1) is 11.3 Å². The lowest BCUT2D eigenvalue weighted by molar-refractivity contribution is -0.332. The standard InChI is InChI=1S/C22H36O12/c1-9-4-10(24)5-22(2,3)11(9)7-31-20-19(30)17(28)15(26)13(34-20)8-32-21-18(29)16(27)14(25)12(6-23)33-21/h4,11-21,23,25-30H,5-8H2,1-3H3/t11-,12-,13-,14-,15-,16+,17+,18-,19-,20-,21-/m1/s1. The van der Waals surface area contributed by atoms with Crippen molar-refractivity contribution in [3.63, 3.8) is 0 Å². The smallest absolute Gasteiger partial charge is 0.186 e. The van der Waals surface area contributed by atoms with Crippen molar-refractivity contribution < 1.29 is 59.5 Å². The molecule has 0 radical (unpaired) electrons. The van der Waals surface area contributed by atoms with E-state index >= 15 is 0 Å².